The molecule has 0 radical (unpaired) electrons. The van der Waals surface area contributed by atoms with E-state index < -0.39 is 0 Å². The number of benzene rings is 1. The van der Waals surface area contributed by atoms with Crippen LogP contribution in [0, 0.1) is 0 Å². The lowest BCUT2D eigenvalue weighted by atomic mass is 10.1. The lowest BCUT2D eigenvalue weighted by Crippen LogP contribution is -2.29. The van der Waals surface area contributed by atoms with Crippen molar-refractivity contribution in [2.24, 2.45) is 4.99 Å². The van der Waals surface area contributed by atoms with Crippen LogP contribution in [0.1, 0.15) is 39.0 Å². The number of piperidine rings is 1. The highest BCUT2D eigenvalue weighted by Gasteiger charge is 2.22. The normalized spacial score (nSPS) is 25.6. The predicted molar refractivity (Wildman–Crippen MR) is 81.4 cm³/mol. The molecule has 102 valence electrons. The maximum Gasteiger partial charge on any atom is 0.102 e. The summed E-state index contributed by atoms with van der Waals surface area (Å²) in [6, 6.07) is 9.21. The molecule has 1 N–H and O–H groups in total. The van der Waals surface area contributed by atoms with Crippen molar-refractivity contribution in [2.45, 2.75) is 45.1 Å². The zero-order valence-corrected chi connectivity index (χ0v) is 11.7. The van der Waals surface area contributed by atoms with Crippen molar-refractivity contribution >= 4 is 17.2 Å². The van der Waals surface area contributed by atoms with Gasteiger partial charge in [-0.1, -0.05) is 12.1 Å². The van der Waals surface area contributed by atoms with E-state index in [-0.39, 0.29) is 0 Å². The Hall–Kier alpha value is -1.51. The summed E-state index contributed by atoms with van der Waals surface area (Å²) >= 11 is 0. The van der Waals surface area contributed by atoms with Crippen LogP contribution < -0.4 is 10.2 Å². The highest BCUT2D eigenvalue weighted by molar-refractivity contribution is 5.87. The third kappa shape index (κ3) is 2.75. The molecular formula is C16H23N3. The molecule has 2 aliphatic heterocycles. The first-order valence-electron chi connectivity index (χ1n) is 7.52. The zero-order valence-electron chi connectivity index (χ0n) is 11.7. The molecule has 0 bridgehead atoms. The third-order valence-electron chi connectivity index (χ3n) is 4.17. The molecule has 2 heterocycles. The van der Waals surface area contributed by atoms with Gasteiger partial charge in [0.05, 0.1) is 11.4 Å². The minimum absolute atomic E-state index is 0.640. The van der Waals surface area contributed by atoms with Crippen molar-refractivity contribution in [1.29, 1.82) is 0 Å². The highest BCUT2D eigenvalue weighted by Crippen LogP contribution is 2.33. The molecule has 0 amide bonds. The first kappa shape index (κ1) is 12.5. The fourth-order valence-corrected chi connectivity index (χ4v) is 3.07. The van der Waals surface area contributed by atoms with Gasteiger partial charge in [0.25, 0.3) is 0 Å². The lowest BCUT2D eigenvalue weighted by molar-refractivity contribution is 0.669. The number of nitrogens with zero attached hydrogens (tertiary/aromatic N) is 2. The fraction of sp³-hybridized carbons (Fsp3) is 0.562. The third-order valence-corrected chi connectivity index (χ3v) is 4.17. The van der Waals surface area contributed by atoms with Gasteiger partial charge in [0, 0.05) is 25.6 Å². The molecule has 2 saturated heterocycles. The van der Waals surface area contributed by atoms with Gasteiger partial charge in [0.15, 0.2) is 0 Å². The molecule has 3 heteroatoms. The van der Waals surface area contributed by atoms with Crippen LogP contribution in [-0.4, -0.2) is 25.0 Å². The van der Waals surface area contributed by atoms with Crippen LogP contribution in [0.2, 0.25) is 0 Å². The standard InChI is InChI=1S/C16H23N3/c1-13-7-6-12-19(13)15-9-3-2-8-14(15)18-16-10-4-5-11-17-16/h2-3,8-9,13H,4-7,10-12H2,1H3,(H,17,18). The van der Waals surface area contributed by atoms with Gasteiger partial charge in [0.1, 0.15) is 5.84 Å². The molecule has 3 rings (SSSR count). The Morgan fingerprint density at radius 3 is 2.84 bits per heavy atom. The number of amidine groups is 1. The number of rotatable bonds is 2. The first-order chi connectivity index (χ1) is 9.34. The fourth-order valence-electron chi connectivity index (χ4n) is 3.07. The number of para-hydroxylation sites is 2. The van der Waals surface area contributed by atoms with Gasteiger partial charge in [-0.05, 0) is 44.7 Å². The van der Waals surface area contributed by atoms with E-state index in [1.165, 1.54) is 31.4 Å². The largest absolute Gasteiger partial charge is 0.374 e. The van der Waals surface area contributed by atoms with Gasteiger partial charge in [-0.25, -0.2) is 4.99 Å². The van der Waals surface area contributed by atoms with Crippen LogP contribution in [-0.2, 0) is 0 Å². The van der Waals surface area contributed by atoms with Crippen molar-refractivity contribution in [2.75, 3.05) is 18.0 Å². The maximum atomic E-state index is 4.86. The van der Waals surface area contributed by atoms with E-state index in [1.807, 2.05) is 0 Å². The Bertz CT molecular complexity index is 459. The summed E-state index contributed by atoms with van der Waals surface area (Å²) < 4.78 is 0. The van der Waals surface area contributed by atoms with Crippen molar-refractivity contribution in [1.82, 2.24) is 5.32 Å². The van der Waals surface area contributed by atoms with E-state index in [0.29, 0.717) is 6.04 Å². The van der Waals surface area contributed by atoms with Gasteiger partial charge in [0.2, 0.25) is 0 Å². The summed E-state index contributed by atoms with van der Waals surface area (Å²) in [5.41, 5.74) is 2.42. The Morgan fingerprint density at radius 1 is 1.21 bits per heavy atom. The predicted octanol–water partition coefficient (Wildman–Crippen LogP) is 3.48. The number of hydrogen-bond acceptors (Lipinski definition) is 2. The molecule has 2 aliphatic rings. The number of anilines is 1. The Kier molecular flexibility index (Phi) is 3.72. The molecule has 0 saturated carbocycles. The smallest absolute Gasteiger partial charge is 0.102 e. The van der Waals surface area contributed by atoms with Crippen LogP contribution >= 0.6 is 0 Å². The molecule has 19 heavy (non-hydrogen) atoms. The second-order valence-electron chi connectivity index (χ2n) is 5.62. The summed E-state index contributed by atoms with van der Waals surface area (Å²) in [4.78, 5) is 7.36. The number of nitrogens with one attached hydrogen (secondary N) is 1. The summed E-state index contributed by atoms with van der Waals surface area (Å²) in [5.74, 6) is 1.16. The molecule has 0 aromatic heterocycles. The molecule has 1 atom stereocenters. The molecule has 1 aromatic carbocycles. The second-order valence-corrected chi connectivity index (χ2v) is 5.62. The monoisotopic (exact) mass is 257 g/mol. The minimum atomic E-state index is 0.640. The molecule has 2 fully saturated rings. The molecule has 0 spiro atoms. The van der Waals surface area contributed by atoms with E-state index in [2.05, 4.69) is 41.4 Å². The van der Waals surface area contributed by atoms with Crippen LogP contribution in [0.5, 0.6) is 0 Å². The van der Waals surface area contributed by atoms with Crippen molar-refractivity contribution in [3.05, 3.63) is 24.3 Å². The average molecular weight is 257 g/mol. The quantitative estimate of drug-likeness (QED) is 0.878. The Morgan fingerprint density at radius 2 is 2.11 bits per heavy atom. The Balaban J connectivity index is 1.88. The molecule has 0 aliphatic carbocycles. The maximum absolute atomic E-state index is 4.86. The van der Waals surface area contributed by atoms with E-state index in [0.717, 1.165) is 31.0 Å². The SMILES string of the molecule is CC1CCCN1c1ccccc1/N=C1\CCCCN1. The Labute approximate surface area is 115 Å². The van der Waals surface area contributed by atoms with E-state index in [1.54, 1.807) is 0 Å². The summed E-state index contributed by atoms with van der Waals surface area (Å²) in [6.07, 6.45) is 6.20. The number of aliphatic imine (C=N–C) groups is 1. The summed E-state index contributed by atoms with van der Waals surface area (Å²) in [5, 5.41) is 3.43. The second kappa shape index (κ2) is 5.64. The summed E-state index contributed by atoms with van der Waals surface area (Å²) in [7, 11) is 0. The van der Waals surface area contributed by atoms with Crippen LogP contribution in [0.4, 0.5) is 11.4 Å². The van der Waals surface area contributed by atoms with E-state index in [4.69, 9.17) is 4.99 Å². The van der Waals surface area contributed by atoms with Crippen molar-refractivity contribution < 1.29 is 0 Å². The minimum Gasteiger partial charge on any atom is -0.374 e. The van der Waals surface area contributed by atoms with Crippen LogP contribution in [0.3, 0.4) is 0 Å². The summed E-state index contributed by atoms with van der Waals surface area (Å²) in [6.45, 7) is 4.55. The van der Waals surface area contributed by atoms with Gasteiger partial charge in [-0.2, -0.15) is 0 Å². The molecular weight excluding hydrogens is 234 g/mol. The topological polar surface area (TPSA) is 27.6 Å². The lowest BCUT2D eigenvalue weighted by Gasteiger charge is -2.25. The van der Waals surface area contributed by atoms with Gasteiger partial charge in [-0.15, -0.1) is 0 Å². The average Bonchev–Trinajstić information content (AvgIpc) is 2.87. The van der Waals surface area contributed by atoms with Gasteiger partial charge < -0.3 is 10.2 Å². The van der Waals surface area contributed by atoms with E-state index >= 15 is 0 Å². The van der Waals surface area contributed by atoms with Gasteiger partial charge in [-0.3, -0.25) is 0 Å². The van der Waals surface area contributed by atoms with Crippen LogP contribution in [0.25, 0.3) is 0 Å². The highest BCUT2D eigenvalue weighted by atomic mass is 15.2. The van der Waals surface area contributed by atoms with E-state index in [9.17, 15) is 0 Å². The number of hydrogen-bond donors (Lipinski definition) is 1. The first-order valence-corrected chi connectivity index (χ1v) is 7.52. The van der Waals surface area contributed by atoms with Crippen molar-refractivity contribution in [3.8, 4) is 0 Å². The molecule has 3 nitrogen and oxygen atoms in total. The van der Waals surface area contributed by atoms with Crippen molar-refractivity contribution in [3.63, 3.8) is 0 Å². The van der Waals surface area contributed by atoms with Gasteiger partial charge >= 0.3 is 0 Å². The zero-order chi connectivity index (χ0) is 13.1. The molecule has 1 aromatic rings. The molecule has 1 unspecified atom stereocenters. The van der Waals surface area contributed by atoms with Crippen LogP contribution in [0.15, 0.2) is 29.3 Å².